The van der Waals surface area contributed by atoms with Crippen molar-refractivity contribution in [3.63, 3.8) is 0 Å². The zero-order valence-electron chi connectivity index (χ0n) is 15.7. The number of halogens is 1. The summed E-state index contributed by atoms with van der Waals surface area (Å²) in [6.45, 7) is 3.58. The maximum atomic E-state index is 13.7. The Hall–Kier alpha value is -3.62. The minimum absolute atomic E-state index is 0.00296. The van der Waals surface area contributed by atoms with E-state index in [0.717, 1.165) is 17.5 Å². The fraction of sp³-hybridized carbons (Fsp3) is 0.143. The Kier molecular flexibility index (Phi) is 5.96. The van der Waals surface area contributed by atoms with Gasteiger partial charge in [0.15, 0.2) is 0 Å². The third kappa shape index (κ3) is 4.13. The van der Waals surface area contributed by atoms with Crippen molar-refractivity contribution in [2.24, 2.45) is 0 Å². The zero-order chi connectivity index (χ0) is 21.0. The molecule has 0 fully saturated rings. The standard InChI is InChI=1S/C21H16FN5OS/c1-13-14(2)27(17-7-3-6-16(22)9-17)20(18(13)11-24)26-19(28)12-29-21-15(10-23)5-4-8-25-21/h3-9H,12H2,1-2H3,(H,26,28). The number of nitriles is 2. The van der Waals surface area contributed by atoms with Crippen LogP contribution in [-0.4, -0.2) is 21.2 Å². The molecule has 0 aliphatic rings. The molecule has 0 unspecified atom stereocenters. The molecule has 0 saturated carbocycles. The van der Waals surface area contributed by atoms with Crippen LogP contribution in [0.2, 0.25) is 0 Å². The monoisotopic (exact) mass is 405 g/mol. The average Bonchev–Trinajstić information content (AvgIpc) is 2.95. The second kappa shape index (κ2) is 8.59. The lowest BCUT2D eigenvalue weighted by atomic mass is 10.2. The Balaban J connectivity index is 1.90. The lowest BCUT2D eigenvalue weighted by Gasteiger charge is -2.13. The van der Waals surface area contributed by atoms with Gasteiger partial charge in [-0.1, -0.05) is 17.8 Å². The molecular formula is C21H16FN5OS. The smallest absolute Gasteiger partial charge is 0.235 e. The molecule has 0 radical (unpaired) electrons. The van der Waals surface area contributed by atoms with Gasteiger partial charge in [0, 0.05) is 11.9 Å². The normalized spacial score (nSPS) is 10.2. The number of hydrogen-bond donors (Lipinski definition) is 1. The Morgan fingerprint density at radius 3 is 2.72 bits per heavy atom. The summed E-state index contributed by atoms with van der Waals surface area (Å²) < 4.78 is 15.4. The number of hydrogen-bond acceptors (Lipinski definition) is 5. The molecule has 8 heteroatoms. The first-order chi connectivity index (χ1) is 14.0. The summed E-state index contributed by atoms with van der Waals surface area (Å²) in [4.78, 5) is 16.7. The molecule has 0 atom stereocenters. The van der Waals surface area contributed by atoms with Crippen LogP contribution in [-0.2, 0) is 4.79 Å². The van der Waals surface area contributed by atoms with Gasteiger partial charge in [0.05, 0.1) is 22.6 Å². The second-order valence-electron chi connectivity index (χ2n) is 6.17. The summed E-state index contributed by atoms with van der Waals surface area (Å²) in [7, 11) is 0. The third-order valence-electron chi connectivity index (χ3n) is 4.38. The van der Waals surface area contributed by atoms with Crippen LogP contribution >= 0.6 is 11.8 Å². The number of pyridine rings is 1. The lowest BCUT2D eigenvalue weighted by molar-refractivity contribution is -0.113. The number of anilines is 1. The van der Waals surface area contributed by atoms with E-state index in [0.29, 0.717) is 33.2 Å². The van der Waals surface area contributed by atoms with Gasteiger partial charge in [-0.15, -0.1) is 0 Å². The zero-order valence-corrected chi connectivity index (χ0v) is 16.5. The van der Waals surface area contributed by atoms with Crippen LogP contribution < -0.4 is 5.32 Å². The highest BCUT2D eigenvalue weighted by atomic mass is 32.2. The summed E-state index contributed by atoms with van der Waals surface area (Å²) in [6, 6.07) is 13.4. The highest BCUT2D eigenvalue weighted by Crippen LogP contribution is 2.30. The summed E-state index contributed by atoms with van der Waals surface area (Å²) in [6.07, 6.45) is 1.55. The molecular weight excluding hydrogens is 389 g/mol. The molecule has 0 bridgehead atoms. The van der Waals surface area contributed by atoms with E-state index in [1.807, 2.05) is 6.07 Å². The topological polar surface area (TPSA) is 94.5 Å². The fourth-order valence-electron chi connectivity index (χ4n) is 2.89. The van der Waals surface area contributed by atoms with E-state index in [4.69, 9.17) is 5.26 Å². The van der Waals surface area contributed by atoms with Crippen molar-refractivity contribution in [1.29, 1.82) is 10.5 Å². The van der Waals surface area contributed by atoms with Crippen molar-refractivity contribution in [3.8, 4) is 17.8 Å². The SMILES string of the molecule is Cc1c(C#N)c(NC(=O)CSc2ncccc2C#N)n(-c2cccc(F)c2)c1C. The quantitative estimate of drug-likeness (QED) is 0.645. The number of carbonyl (C=O) groups is 1. The fourth-order valence-corrected chi connectivity index (χ4v) is 3.64. The molecule has 144 valence electrons. The van der Waals surface area contributed by atoms with Gasteiger partial charge >= 0.3 is 0 Å². The molecule has 3 aromatic rings. The maximum Gasteiger partial charge on any atom is 0.235 e. The first kappa shape index (κ1) is 20.1. The Labute approximate surface area is 171 Å². The number of thioether (sulfide) groups is 1. The van der Waals surface area contributed by atoms with Gasteiger partial charge in [0.2, 0.25) is 5.91 Å². The Bertz CT molecular complexity index is 1170. The predicted molar refractivity (Wildman–Crippen MR) is 108 cm³/mol. The van der Waals surface area contributed by atoms with Gasteiger partial charge in [-0.3, -0.25) is 9.36 Å². The summed E-state index contributed by atoms with van der Waals surface area (Å²) in [5.41, 5.74) is 2.65. The van der Waals surface area contributed by atoms with Crippen molar-refractivity contribution in [2.45, 2.75) is 18.9 Å². The molecule has 1 N–H and O–H groups in total. The largest absolute Gasteiger partial charge is 0.310 e. The molecule has 2 aromatic heterocycles. The number of rotatable bonds is 5. The van der Waals surface area contributed by atoms with E-state index in [-0.39, 0.29) is 11.7 Å². The van der Waals surface area contributed by atoms with Crippen molar-refractivity contribution in [2.75, 3.05) is 11.1 Å². The van der Waals surface area contributed by atoms with Gasteiger partial charge in [-0.2, -0.15) is 10.5 Å². The van der Waals surface area contributed by atoms with Crippen molar-refractivity contribution in [3.05, 3.63) is 70.8 Å². The van der Waals surface area contributed by atoms with Gasteiger partial charge in [0.1, 0.15) is 28.8 Å². The molecule has 6 nitrogen and oxygen atoms in total. The van der Waals surface area contributed by atoms with E-state index in [1.54, 1.807) is 48.9 Å². The summed E-state index contributed by atoms with van der Waals surface area (Å²) >= 11 is 1.13. The first-order valence-corrected chi connectivity index (χ1v) is 9.60. The van der Waals surface area contributed by atoms with Crippen LogP contribution in [0.25, 0.3) is 5.69 Å². The predicted octanol–water partition coefficient (Wildman–Crippen LogP) is 4.10. The van der Waals surface area contributed by atoms with Crippen LogP contribution in [0.4, 0.5) is 10.2 Å². The van der Waals surface area contributed by atoms with Gasteiger partial charge in [-0.25, -0.2) is 9.37 Å². The molecule has 3 rings (SSSR count). The van der Waals surface area contributed by atoms with Gasteiger partial charge in [-0.05, 0) is 49.7 Å². The van der Waals surface area contributed by atoms with E-state index >= 15 is 0 Å². The molecule has 1 amide bonds. The van der Waals surface area contributed by atoms with Crippen LogP contribution in [0.1, 0.15) is 22.4 Å². The second-order valence-corrected chi connectivity index (χ2v) is 7.13. The molecule has 0 spiro atoms. The van der Waals surface area contributed by atoms with Crippen LogP contribution in [0.15, 0.2) is 47.6 Å². The number of nitrogens with one attached hydrogen (secondary N) is 1. The molecule has 1 aromatic carbocycles. The lowest BCUT2D eigenvalue weighted by Crippen LogP contribution is -2.18. The Morgan fingerprint density at radius 2 is 2.03 bits per heavy atom. The molecule has 0 aliphatic heterocycles. The third-order valence-corrected chi connectivity index (χ3v) is 5.39. The van der Waals surface area contributed by atoms with E-state index < -0.39 is 5.82 Å². The average molecular weight is 405 g/mol. The highest BCUT2D eigenvalue weighted by molar-refractivity contribution is 8.00. The van der Waals surface area contributed by atoms with Crippen molar-refractivity contribution in [1.82, 2.24) is 9.55 Å². The van der Waals surface area contributed by atoms with Crippen LogP contribution in [0.5, 0.6) is 0 Å². The summed E-state index contributed by atoms with van der Waals surface area (Å²) in [5.74, 6) is -0.488. The van der Waals surface area contributed by atoms with Crippen molar-refractivity contribution >= 4 is 23.5 Å². The minimum Gasteiger partial charge on any atom is -0.310 e. The van der Waals surface area contributed by atoms with Crippen LogP contribution in [0, 0.1) is 42.3 Å². The molecule has 2 heterocycles. The van der Waals surface area contributed by atoms with E-state index in [1.165, 1.54) is 12.1 Å². The molecule has 0 aliphatic carbocycles. The van der Waals surface area contributed by atoms with Gasteiger partial charge < -0.3 is 5.32 Å². The van der Waals surface area contributed by atoms with Crippen molar-refractivity contribution < 1.29 is 9.18 Å². The molecule has 0 saturated heterocycles. The van der Waals surface area contributed by atoms with Crippen LogP contribution in [0.3, 0.4) is 0 Å². The number of aromatic nitrogens is 2. The first-order valence-electron chi connectivity index (χ1n) is 8.62. The number of nitrogens with zero attached hydrogens (tertiary/aromatic N) is 4. The molecule has 29 heavy (non-hydrogen) atoms. The van der Waals surface area contributed by atoms with Gasteiger partial charge in [0.25, 0.3) is 0 Å². The number of amides is 1. The van der Waals surface area contributed by atoms with E-state index in [9.17, 15) is 14.4 Å². The summed E-state index contributed by atoms with van der Waals surface area (Å²) in [5, 5.41) is 21.9. The number of benzene rings is 1. The Morgan fingerprint density at radius 1 is 1.24 bits per heavy atom. The minimum atomic E-state index is -0.418. The van der Waals surface area contributed by atoms with E-state index in [2.05, 4.69) is 16.4 Å². The maximum absolute atomic E-state index is 13.7. The highest BCUT2D eigenvalue weighted by Gasteiger charge is 2.21. The number of carbonyl (C=O) groups excluding carboxylic acids is 1.